The van der Waals surface area contributed by atoms with Crippen molar-refractivity contribution >= 4 is 17.7 Å². The zero-order valence-corrected chi connectivity index (χ0v) is 16.6. The number of carbonyl (C=O) groups is 2. The van der Waals surface area contributed by atoms with Gasteiger partial charge in [0.25, 0.3) is 0 Å². The monoisotopic (exact) mass is 385 g/mol. The summed E-state index contributed by atoms with van der Waals surface area (Å²) in [6, 6.07) is 8.95. The molecule has 1 atom stereocenters. The second-order valence-corrected chi connectivity index (χ2v) is 7.27. The molecule has 1 fully saturated rings. The van der Waals surface area contributed by atoms with Gasteiger partial charge >= 0.3 is 12.0 Å². The maximum atomic E-state index is 12.8. The Morgan fingerprint density at radius 3 is 2.71 bits per heavy atom. The first-order valence-electron chi connectivity index (χ1n) is 9.76. The van der Waals surface area contributed by atoms with Crippen LogP contribution < -0.4 is 5.32 Å². The highest BCUT2D eigenvalue weighted by Crippen LogP contribution is 2.33. The van der Waals surface area contributed by atoms with Crippen molar-refractivity contribution in [3.63, 3.8) is 0 Å². The molecule has 2 aromatic rings. The van der Waals surface area contributed by atoms with Crippen LogP contribution in [-0.2, 0) is 16.0 Å². The molecule has 0 saturated carbocycles. The van der Waals surface area contributed by atoms with Gasteiger partial charge in [-0.3, -0.25) is 4.79 Å². The van der Waals surface area contributed by atoms with Gasteiger partial charge in [0.1, 0.15) is 11.5 Å². The number of nitrogens with one attached hydrogen (secondary N) is 1. The summed E-state index contributed by atoms with van der Waals surface area (Å²) in [5.74, 6) is 0.838. The Labute approximate surface area is 165 Å². The van der Waals surface area contributed by atoms with Crippen molar-refractivity contribution in [1.82, 2.24) is 10.1 Å². The topological polar surface area (TPSA) is 84.7 Å². The van der Waals surface area contributed by atoms with Gasteiger partial charge in [-0.25, -0.2) is 4.79 Å². The number of anilines is 1. The summed E-state index contributed by atoms with van der Waals surface area (Å²) in [4.78, 5) is 26.1. The number of hydrogen-bond acceptors (Lipinski definition) is 5. The highest BCUT2D eigenvalue weighted by atomic mass is 16.5. The number of ether oxygens (including phenoxy) is 1. The second-order valence-electron chi connectivity index (χ2n) is 7.27. The third-order valence-corrected chi connectivity index (χ3v) is 4.83. The number of carbonyl (C=O) groups excluding carboxylic acids is 2. The number of rotatable bonds is 6. The minimum atomic E-state index is -0.257. The molecule has 1 aliphatic rings. The average Bonchev–Trinajstić information content (AvgIpc) is 3.32. The van der Waals surface area contributed by atoms with Crippen molar-refractivity contribution in [2.75, 3.05) is 18.5 Å². The van der Waals surface area contributed by atoms with Crippen molar-refractivity contribution in [1.29, 1.82) is 0 Å². The molecule has 28 heavy (non-hydrogen) atoms. The van der Waals surface area contributed by atoms with Crippen LogP contribution in [0.4, 0.5) is 10.5 Å². The van der Waals surface area contributed by atoms with Crippen LogP contribution in [0.1, 0.15) is 62.6 Å². The Hall–Kier alpha value is -2.83. The predicted octanol–water partition coefficient (Wildman–Crippen LogP) is 4.27. The molecule has 0 radical (unpaired) electrons. The van der Waals surface area contributed by atoms with Gasteiger partial charge in [-0.1, -0.05) is 31.1 Å². The van der Waals surface area contributed by atoms with Crippen molar-refractivity contribution in [3.8, 4) is 0 Å². The van der Waals surface area contributed by atoms with E-state index < -0.39 is 0 Å². The molecular formula is C21H27N3O4. The van der Waals surface area contributed by atoms with E-state index in [2.05, 4.69) is 24.3 Å². The molecule has 2 heterocycles. The zero-order chi connectivity index (χ0) is 20.1. The molecule has 1 unspecified atom stereocenters. The maximum absolute atomic E-state index is 12.8. The Bertz CT molecular complexity index is 813. The van der Waals surface area contributed by atoms with E-state index in [0.29, 0.717) is 18.8 Å². The number of aromatic nitrogens is 1. The van der Waals surface area contributed by atoms with Gasteiger partial charge in [0.05, 0.1) is 19.1 Å². The highest BCUT2D eigenvalue weighted by molar-refractivity contribution is 5.89. The molecule has 0 bridgehead atoms. The molecule has 7 nitrogen and oxygen atoms in total. The highest BCUT2D eigenvalue weighted by Gasteiger charge is 2.32. The molecule has 2 amide bonds. The molecule has 0 spiro atoms. The smallest absolute Gasteiger partial charge is 0.322 e. The van der Waals surface area contributed by atoms with Crippen molar-refractivity contribution in [2.45, 2.75) is 52.0 Å². The fourth-order valence-corrected chi connectivity index (χ4v) is 3.33. The van der Waals surface area contributed by atoms with Crippen molar-refractivity contribution in [2.24, 2.45) is 0 Å². The van der Waals surface area contributed by atoms with Crippen LogP contribution in [0.15, 0.2) is 34.9 Å². The molecule has 0 aliphatic carbocycles. The first kappa shape index (κ1) is 19.9. The van der Waals surface area contributed by atoms with Crippen LogP contribution in [0.5, 0.6) is 0 Å². The number of likely N-dealkylation sites (tertiary alicyclic amines) is 1. The van der Waals surface area contributed by atoms with Crippen LogP contribution >= 0.6 is 0 Å². The molecule has 1 aromatic carbocycles. The Kier molecular flexibility index (Phi) is 6.34. The molecule has 1 saturated heterocycles. The average molecular weight is 385 g/mol. The van der Waals surface area contributed by atoms with Gasteiger partial charge in [-0.05, 0) is 37.5 Å². The lowest BCUT2D eigenvalue weighted by molar-refractivity contribution is -0.142. The largest absolute Gasteiger partial charge is 0.466 e. The minimum absolute atomic E-state index is 0.0701. The van der Waals surface area contributed by atoms with Crippen molar-refractivity contribution < 1.29 is 18.8 Å². The predicted molar refractivity (Wildman–Crippen MR) is 105 cm³/mol. The quantitative estimate of drug-likeness (QED) is 0.751. The summed E-state index contributed by atoms with van der Waals surface area (Å²) in [5, 5.41) is 7.10. The van der Waals surface area contributed by atoms with E-state index in [1.807, 2.05) is 18.2 Å². The lowest BCUT2D eigenvalue weighted by atomic mass is 10.1. The lowest BCUT2D eigenvalue weighted by Gasteiger charge is -2.23. The number of urea groups is 1. The first-order chi connectivity index (χ1) is 13.5. The van der Waals surface area contributed by atoms with Gasteiger partial charge in [-0.15, -0.1) is 0 Å². The summed E-state index contributed by atoms with van der Waals surface area (Å²) >= 11 is 0. The van der Waals surface area contributed by atoms with E-state index in [0.717, 1.165) is 29.9 Å². The van der Waals surface area contributed by atoms with E-state index in [1.54, 1.807) is 24.0 Å². The van der Waals surface area contributed by atoms with E-state index in [-0.39, 0.29) is 30.4 Å². The zero-order valence-electron chi connectivity index (χ0n) is 16.6. The molecule has 3 rings (SSSR count). The summed E-state index contributed by atoms with van der Waals surface area (Å²) in [6.45, 7) is 6.93. The van der Waals surface area contributed by atoms with Gasteiger partial charge in [-0.2, -0.15) is 0 Å². The van der Waals surface area contributed by atoms with Crippen LogP contribution in [-0.4, -0.2) is 35.2 Å². The Morgan fingerprint density at radius 2 is 2.07 bits per heavy atom. The van der Waals surface area contributed by atoms with E-state index in [1.165, 1.54) is 0 Å². The molecule has 7 heteroatoms. The van der Waals surface area contributed by atoms with E-state index >= 15 is 0 Å². The van der Waals surface area contributed by atoms with Crippen LogP contribution in [0, 0.1) is 0 Å². The number of hydrogen-bond donors (Lipinski definition) is 1. The van der Waals surface area contributed by atoms with Crippen LogP contribution in [0.3, 0.4) is 0 Å². The fourth-order valence-electron chi connectivity index (χ4n) is 3.33. The Balaban J connectivity index is 1.62. The van der Waals surface area contributed by atoms with Crippen LogP contribution in [0.25, 0.3) is 0 Å². The maximum Gasteiger partial charge on any atom is 0.322 e. The van der Waals surface area contributed by atoms with Gasteiger partial charge in [0, 0.05) is 24.2 Å². The van der Waals surface area contributed by atoms with Crippen molar-refractivity contribution in [3.05, 3.63) is 47.3 Å². The third-order valence-electron chi connectivity index (χ3n) is 4.83. The summed E-state index contributed by atoms with van der Waals surface area (Å²) in [6.07, 6.45) is 2.02. The summed E-state index contributed by atoms with van der Waals surface area (Å²) in [5.41, 5.74) is 2.34. The molecular weight excluding hydrogens is 358 g/mol. The summed E-state index contributed by atoms with van der Waals surface area (Å²) in [7, 11) is 0. The number of esters is 1. The normalized spacial score (nSPS) is 16.4. The standard InChI is InChI=1S/C21H27N3O4/c1-4-27-20(25)12-15-7-9-16(10-8-15)22-21(26)24-11-5-6-18(24)17-13-19(14(2)3)28-23-17/h7-10,13-14,18H,4-6,11-12H2,1-3H3,(H,22,26). The fraction of sp³-hybridized carbons (Fsp3) is 0.476. The number of benzene rings is 1. The molecule has 1 N–H and O–H groups in total. The summed E-state index contributed by atoms with van der Waals surface area (Å²) < 4.78 is 10.4. The lowest BCUT2D eigenvalue weighted by Crippen LogP contribution is -2.34. The Morgan fingerprint density at radius 1 is 1.32 bits per heavy atom. The van der Waals surface area contributed by atoms with Gasteiger partial charge in [0.15, 0.2) is 0 Å². The number of amides is 2. The molecule has 1 aliphatic heterocycles. The molecule has 150 valence electrons. The molecule has 1 aromatic heterocycles. The van der Waals surface area contributed by atoms with E-state index in [4.69, 9.17) is 9.26 Å². The SMILES string of the molecule is CCOC(=O)Cc1ccc(NC(=O)N2CCCC2c2cc(C(C)C)on2)cc1. The number of nitrogens with zero attached hydrogens (tertiary/aromatic N) is 2. The van der Waals surface area contributed by atoms with Crippen LogP contribution in [0.2, 0.25) is 0 Å². The first-order valence-corrected chi connectivity index (χ1v) is 9.76. The minimum Gasteiger partial charge on any atom is -0.466 e. The van der Waals surface area contributed by atoms with E-state index in [9.17, 15) is 9.59 Å². The second kappa shape index (κ2) is 8.91. The van der Waals surface area contributed by atoms with Gasteiger partial charge < -0.3 is 19.5 Å². The van der Waals surface area contributed by atoms with Gasteiger partial charge in [0.2, 0.25) is 0 Å². The third kappa shape index (κ3) is 4.71.